The Labute approximate surface area is 123 Å². The predicted molar refractivity (Wildman–Crippen MR) is 77.8 cm³/mol. The van der Waals surface area contributed by atoms with Gasteiger partial charge in [0.1, 0.15) is 5.82 Å². The highest BCUT2D eigenvalue weighted by Crippen LogP contribution is 2.24. The number of nitrogens with one attached hydrogen (secondary N) is 1. The molecule has 2 heterocycles. The summed E-state index contributed by atoms with van der Waals surface area (Å²) in [5.41, 5.74) is 1.42. The molecule has 3 rings (SSSR count). The highest BCUT2D eigenvalue weighted by molar-refractivity contribution is 7.71. The van der Waals surface area contributed by atoms with E-state index >= 15 is 0 Å². The molecule has 0 unspecified atom stereocenters. The summed E-state index contributed by atoms with van der Waals surface area (Å²) in [6, 6.07) is 7.74. The van der Waals surface area contributed by atoms with Gasteiger partial charge in [-0.25, -0.2) is 4.39 Å². The lowest BCUT2D eigenvalue weighted by atomic mass is 10.3. The molecule has 0 amide bonds. The minimum absolute atomic E-state index is 0.245. The maximum absolute atomic E-state index is 14.0. The molecule has 4 nitrogen and oxygen atoms in total. The smallest absolute Gasteiger partial charge is 0.215 e. The van der Waals surface area contributed by atoms with E-state index in [1.807, 2.05) is 0 Å². The van der Waals surface area contributed by atoms with Crippen molar-refractivity contribution in [2.24, 2.45) is 0 Å². The lowest BCUT2D eigenvalue weighted by Crippen LogP contribution is -1.99. The maximum atomic E-state index is 14.0. The summed E-state index contributed by atoms with van der Waals surface area (Å²) in [4.78, 5) is 7.27. The Bertz CT molecular complexity index is 858. The second kappa shape index (κ2) is 4.88. The summed E-state index contributed by atoms with van der Waals surface area (Å²) in [7, 11) is 1.51. The van der Waals surface area contributed by atoms with Crippen LogP contribution in [0.15, 0.2) is 30.3 Å². The number of aromatic amines is 1. The van der Waals surface area contributed by atoms with Crippen molar-refractivity contribution in [1.29, 1.82) is 0 Å². The van der Waals surface area contributed by atoms with Crippen LogP contribution >= 0.6 is 23.8 Å². The number of rotatable bonds is 2. The van der Waals surface area contributed by atoms with Crippen LogP contribution in [-0.4, -0.2) is 21.6 Å². The topological polar surface area (TPSA) is 42.8 Å². The summed E-state index contributed by atoms with van der Waals surface area (Å²) in [6.45, 7) is 0. The van der Waals surface area contributed by atoms with Crippen LogP contribution in [0.25, 0.3) is 16.9 Å². The van der Waals surface area contributed by atoms with E-state index in [4.69, 9.17) is 28.6 Å². The third kappa shape index (κ3) is 2.07. The molecule has 1 aromatic carbocycles. The molecule has 2 aromatic heterocycles. The second-order valence-corrected chi connectivity index (χ2v) is 4.91. The maximum Gasteiger partial charge on any atom is 0.215 e. The van der Waals surface area contributed by atoms with Gasteiger partial charge in [0.25, 0.3) is 0 Å². The summed E-state index contributed by atoms with van der Waals surface area (Å²) < 4.78 is 20.9. The Morgan fingerprint density at radius 1 is 1.35 bits per heavy atom. The molecule has 20 heavy (non-hydrogen) atoms. The number of hydrogen-bond donors (Lipinski definition) is 1. The zero-order chi connectivity index (χ0) is 14.3. The number of nitrogens with zero attached hydrogens (tertiary/aromatic N) is 2. The molecule has 7 heteroatoms. The molecular weight excluding hydrogens is 301 g/mol. The van der Waals surface area contributed by atoms with Crippen LogP contribution in [0.1, 0.15) is 0 Å². The quantitative estimate of drug-likeness (QED) is 0.730. The van der Waals surface area contributed by atoms with Gasteiger partial charge in [0, 0.05) is 11.1 Å². The molecule has 1 N–H and O–H groups in total. The Kier molecular flexibility index (Phi) is 3.19. The van der Waals surface area contributed by atoms with Gasteiger partial charge in [-0.1, -0.05) is 11.6 Å². The fourth-order valence-corrected chi connectivity index (χ4v) is 2.42. The third-order valence-electron chi connectivity index (χ3n) is 2.86. The number of benzene rings is 1. The SMILES string of the molecule is COc1ccc2[nH]c(=S)n(-c3cc(Cl)ccc3F)c2n1. The van der Waals surface area contributed by atoms with Gasteiger partial charge in [0.05, 0.1) is 18.3 Å². The van der Waals surface area contributed by atoms with Crippen molar-refractivity contribution in [3.63, 3.8) is 0 Å². The first kappa shape index (κ1) is 13.1. The molecule has 3 aromatic rings. The monoisotopic (exact) mass is 309 g/mol. The first-order valence-corrected chi connectivity index (χ1v) is 6.50. The van der Waals surface area contributed by atoms with Crippen LogP contribution in [0, 0.1) is 10.6 Å². The van der Waals surface area contributed by atoms with Crippen LogP contribution in [0.4, 0.5) is 4.39 Å². The Morgan fingerprint density at radius 2 is 2.15 bits per heavy atom. The molecular formula is C13H9ClFN3OS. The lowest BCUT2D eigenvalue weighted by Gasteiger charge is -2.06. The van der Waals surface area contributed by atoms with Crippen molar-refractivity contribution in [2.75, 3.05) is 7.11 Å². The molecule has 0 aliphatic rings. The van der Waals surface area contributed by atoms with Crippen molar-refractivity contribution < 1.29 is 9.13 Å². The summed E-state index contributed by atoms with van der Waals surface area (Å²) in [5, 5.41) is 0.417. The molecule has 0 radical (unpaired) electrons. The van der Waals surface area contributed by atoms with E-state index in [0.717, 1.165) is 0 Å². The van der Waals surface area contributed by atoms with Gasteiger partial charge in [0.15, 0.2) is 10.4 Å². The molecule has 0 saturated carbocycles. The van der Waals surface area contributed by atoms with Crippen LogP contribution in [0.3, 0.4) is 0 Å². The highest BCUT2D eigenvalue weighted by Gasteiger charge is 2.13. The summed E-state index contributed by atoms with van der Waals surface area (Å²) in [5.74, 6) is -0.0151. The van der Waals surface area contributed by atoms with Gasteiger partial charge in [0.2, 0.25) is 5.88 Å². The largest absolute Gasteiger partial charge is 0.481 e. The number of methoxy groups -OCH3 is 1. The summed E-state index contributed by atoms with van der Waals surface area (Å²) >= 11 is 11.2. The van der Waals surface area contributed by atoms with Crippen molar-refractivity contribution in [3.8, 4) is 11.6 Å². The van der Waals surface area contributed by atoms with Crippen molar-refractivity contribution >= 4 is 35.0 Å². The van der Waals surface area contributed by atoms with Gasteiger partial charge in [-0.05, 0) is 36.5 Å². The number of fused-ring (bicyclic) bond motifs is 1. The van der Waals surface area contributed by atoms with Crippen molar-refractivity contribution in [3.05, 3.63) is 45.9 Å². The standard InChI is InChI=1S/C13H9ClFN3OS/c1-19-11-5-4-9-12(17-11)18(13(20)16-9)10-6-7(14)2-3-8(10)15/h2-6H,1H3,(H,16,20). The second-order valence-electron chi connectivity index (χ2n) is 4.09. The van der Waals surface area contributed by atoms with Gasteiger partial charge < -0.3 is 9.72 Å². The molecule has 102 valence electrons. The van der Waals surface area contributed by atoms with E-state index in [2.05, 4.69) is 9.97 Å². The van der Waals surface area contributed by atoms with Gasteiger partial charge in [-0.15, -0.1) is 0 Å². The molecule has 0 aliphatic heterocycles. The van der Waals surface area contributed by atoms with Gasteiger partial charge in [-0.3, -0.25) is 4.57 Å². The van der Waals surface area contributed by atoms with Crippen molar-refractivity contribution in [1.82, 2.24) is 14.5 Å². The molecule has 0 fully saturated rings. The molecule has 0 aliphatic carbocycles. The third-order valence-corrected chi connectivity index (χ3v) is 3.38. The van der Waals surface area contributed by atoms with E-state index in [1.54, 1.807) is 12.1 Å². The number of H-pyrrole nitrogens is 1. The van der Waals surface area contributed by atoms with Gasteiger partial charge in [-0.2, -0.15) is 4.98 Å². The Hall–Kier alpha value is -1.92. The number of aromatic nitrogens is 3. The Balaban J connectivity index is 2.37. The van der Waals surface area contributed by atoms with Crippen LogP contribution in [0.5, 0.6) is 5.88 Å². The normalized spacial score (nSPS) is 10.9. The van der Waals surface area contributed by atoms with E-state index < -0.39 is 5.82 Å². The number of hydrogen-bond acceptors (Lipinski definition) is 3. The fraction of sp³-hybridized carbons (Fsp3) is 0.0769. The number of imidazole rings is 1. The minimum atomic E-state index is -0.434. The molecule has 0 bridgehead atoms. The van der Waals surface area contributed by atoms with Crippen LogP contribution in [0.2, 0.25) is 5.02 Å². The average molecular weight is 310 g/mol. The number of ether oxygens (including phenoxy) is 1. The van der Waals surface area contributed by atoms with E-state index in [0.29, 0.717) is 26.8 Å². The Morgan fingerprint density at radius 3 is 2.90 bits per heavy atom. The molecule has 0 saturated heterocycles. The molecule has 0 atom stereocenters. The first-order chi connectivity index (χ1) is 9.60. The number of halogens is 2. The highest BCUT2D eigenvalue weighted by atomic mass is 35.5. The number of pyridine rings is 1. The zero-order valence-corrected chi connectivity index (χ0v) is 11.9. The van der Waals surface area contributed by atoms with E-state index in [9.17, 15) is 4.39 Å². The van der Waals surface area contributed by atoms with Crippen LogP contribution in [-0.2, 0) is 0 Å². The van der Waals surface area contributed by atoms with E-state index in [-0.39, 0.29) is 5.69 Å². The average Bonchev–Trinajstić information content (AvgIpc) is 2.76. The summed E-state index contributed by atoms with van der Waals surface area (Å²) in [6.07, 6.45) is 0. The van der Waals surface area contributed by atoms with E-state index in [1.165, 1.54) is 29.9 Å². The van der Waals surface area contributed by atoms with Gasteiger partial charge >= 0.3 is 0 Å². The fourth-order valence-electron chi connectivity index (χ4n) is 1.96. The molecule has 0 spiro atoms. The minimum Gasteiger partial charge on any atom is -0.481 e. The first-order valence-electron chi connectivity index (χ1n) is 5.71. The van der Waals surface area contributed by atoms with Crippen molar-refractivity contribution in [2.45, 2.75) is 0 Å². The lowest BCUT2D eigenvalue weighted by molar-refractivity contribution is 0.399. The zero-order valence-electron chi connectivity index (χ0n) is 10.4. The van der Waals surface area contributed by atoms with Crippen LogP contribution < -0.4 is 4.74 Å². The predicted octanol–water partition coefficient (Wildman–Crippen LogP) is 3.88.